The number of amides is 1. The first-order chi connectivity index (χ1) is 15.5. The molecule has 0 radical (unpaired) electrons. The Hall–Kier alpha value is -2.28. The number of halogens is 3. The van der Waals surface area contributed by atoms with Crippen molar-refractivity contribution >= 4 is 40.8 Å². The Labute approximate surface area is 203 Å². The molecule has 5 rings (SSSR count). The minimum Gasteiger partial charge on any atom is -0.489 e. The Morgan fingerprint density at radius 2 is 2.09 bits per heavy atom. The number of hydrogen-bond acceptors (Lipinski definition) is 3. The van der Waals surface area contributed by atoms with Crippen molar-refractivity contribution in [1.82, 2.24) is 9.88 Å². The highest BCUT2D eigenvalue weighted by atomic mass is 35.5. The third kappa shape index (κ3) is 4.98. The number of nitrogens with one attached hydrogen (secondary N) is 1. The first-order valence-electron chi connectivity index (χ1n) is 11.2. The fourth-order valence-electron chi connectivity index (χ4n) is 4.81. The highest BCUT2D eigenvalue weighted by molar-refractivity contribution is 6.35. The maximum absolute atomic E-state index is 14.3. The molecule has 176 valence electrons. The van der Waals surface area contributed by atoms with Gasteiger partial charge in [-0.05, 0) is 68.3 Å². The number of aromatic nitrogens is 1. The van der Waals surface area contributed by atoms with Crippen LogP contribution in [0.2, 0.25) is 5.02 Å². The monoisotopic (exact) mass is 491 g/mol. The van der Waals surface area contributed by atoms with Crippen LogP contribution in [0.3, 0.4) is 0 Å². The van der Waals surface area contributed by atoms with Crippen molar-refractivity contribution in [1.29, 1.82) is 0 Å². The number of benzene rings is 2. The van der Waals surface area contributed by atoms with E-state index in [0.29, 0.717) is 30.1 Å². The van der Waals surface area contributed by atoms with Crippen LogP contribution in [0.4, 0.5) is 4.39 Å². The van der Waals surface area contributed by atoms with E-state index in [4.69, 9.17) is 22.1 Å². The minimum absolute atomic E-state index is 0. The van der Waals surface area contributed by atoms with E-state index >= 15 is 0 Å². The molecule has 1 unspecified atom stereocenters. The molecule has 5 nitrogen and oxygen atoms in total. The van der Waals surface area contributed by atoms with Gasteiger partial charge in [0, 0.05) is 35.3 Å². The second-order valence-corrected chi connectivity index (χ2v) is 9.36. The predicted molar refractivity (Wildman–Crippen MR) is 131 cm³/mol. The van der Waals surface area contributed by atoms with Crippen molar-refractivity contribution in [3.63, 3.8) is 0 Å². The number of rotatable bonds is 8. The molecular weight excluding hydrogens is 464 g/mol. The van der Waals surface area contributed by atoms with Gasteiger partial charge in [0.15, 0.2) is 11.6 Å². The fraction of sp³-hybridized carbons (Fsp3) is 0.400. The zero-order valence-electron chi connectivity index (χ0n) is 18.3. The number of H-pyrrole nitrogens is 1. The third-order valence-corrected chi connectivity index (χ3v) is 7.00. The largest absolute Gasteiger partial charge is 0.489 e. The lowest BCUT2D eigenvalue weighted by Gasteiger charge is -2.36. The van der Waals surface area contributed by atoms with Crippen molar-refractivity contribution in [2.45, 2.75) is 38.1 Å². The number of aryl methyl sites for hydroxylation is 1. The normalized spacial score (nSPS) is 17.5. The highest BCUT2D eigenvalue weighted by Crippen LogP contribution is 2.35. The van der Waals surface area contributed by atoms with Crippen molar-refractivity contribution in [3.05, 3.63) is 64.1 Å². The minimum atomic E-state index is -0.544. The maximum Gasteiger partial charge on any atom is 0.249 e. The van der Waals surface area contributed by atoms with Crippen molar-refractivity contribution in [2.24, 2.45) is 11.7 Å². The lowest BCUT2D eigenvalue weighted by atomic mass is 9.95. The SMILES string of the molecule is Cl.NC(=O)c1ccc(F)c2c1CC(N(CCCc1c[nH]c3c(Cl)cccc13)CC1CC1)CO2. The Balaban J connectivity index is 0.00000259. The van der Waals surface area contributed by atoms with Gasteiger partial charge in [-0.3, -0.25) is 9.69 Å². The van der Waals surface area contributed by atoms with Crippen LogP contribution in [0.15, 0.2) is 36.5 Å². The molecule has 1 amide bonds. The van der Waals surface area contributed by atoms with Crippen molar-refractivity contribution in [2.75, 3.05) is 19.7 Å². The summed E-state index contributed by atoms with van der Waals surface area (Å²) in [5, 5.41) is 1.90. The summed E-state index contributed by atoms with van der Waals surface area (Å²) in [6, 6.07) is 8.80. The molecule has 2 aliphatic rings. The molecule has 1 aromatic heterocycles. The molecule has 0 saturated heterocycles. The number of carbonyl (C=O) groups excluding carboxylic acids is 1. The number of para-hydroxylation sites is 1. The Kier molecular flexibility index (Phi) is 7.17. The van der Waals surface area contributed by atoms with E-state index in [9.17, 15) is 9.18 Å². The van der Waals surface area contributed by atoms with E-state index in [-0.39, 0.29) is 24.2 Å². The van der Waals surface area contributed by atoms with Crippen LogP contribution in [0.1, 0.15) is 40.7 Å². The molecule has 33 heavy (non-hydrogen) atoms. The number of nitrogens with two attached hydrogens (primary N) is 1. The summed E-state index contributed by atoms with van der Waals surface area (Å²) < 4.78 is 20.1. The first-order valence-corrected chi connectivity index (χ1v) is 11.6. The van der Waals surface area contributed by atoms with E-state index in [0.717, 1.165) is 36.5 Å². The van der Waals surface area contributed by atoms with Gasteiger partial charge in [-0.2, -0.15) is 0 Å². The molecular formula is C25H28Cl2FN3O2. The maximum atomic E-state index is 14.3. The standard InChI is InChI=1S/C25H27ClFN3O2.ClH/c26-21-5-1-4-18-16(12-29-23(18)21)3-2-10-30(13-15-6-7-15)17-11-20-19(25(28)31)8-9-22(27)24(20)32-14-17;/h1,4-5,8-9,12,15,17,29H,2-3,6-7,10-11,13-14H2,(H2,28,31);1H. The number of hydrogen-bond donors (Lipinski definition) is 2. The summed E-state index contributed by atoms with van der Waals surface area (Å²) in [6.45, 7) is 2.33. The highest BCUT2D eigenvalue weighted by Gasteiger charge is 2.33. The summed E-state index contributed by atoms with van der Waals surface area (Å²) in [4.78, 5) is 17.6. The third-order valence-electron chi connectivity index (χ3n) is 6.69. The van der Waals surface area contributed by atoms with E-state index in [2.05, 4.69) is 16.0 Å². The van der Waals surface area contributed by atoms with Crippen LogP contribution >= 0.6 is 24.0 Å². The van der Waals surface area contributed by atoms with Gasteiger partial charge in [0.05, 0.1) is 10.5 Å². The number of carbonyl (C=O) groups is 1. The second kappa shape index (κ2) is 9.92. The smallest absolute Gasteiger partial charge is 0.249 e. The van der Waals surface area contributed by atoms with Crippen LogP contribution < -0.4 is 10.5 Å². The number of primary amides is 1. The van der Waals surface area contributed by atoms with Gasteiger partial charge in [-0.1, -0.05) is 23.7 Å². The lowest BCUT2D eigenvalue weighted by molar-refractivity contribution is 0.0980. The number of fused-ring (bicyclic) bond motifs is 2. The summed E-state index contributed by atoms with van der Waals surface area (Å²) in [6.07, 6.45) is 7.05. The lowest BCUT2D eigenvalue weighted by Crippen LogP contribution is -2.45. The van der Waals surface area contributed by atoms with Crippen molar-refractivity contribution < 1.29 is 13.9 Å². The summed E-state index contributed by atoms with van der Waals surface area (Å²) in [5.41, 5.74) is 8.75. The van der Waals surface area contributed by atoms with Gasteiger partial charge >= 0.3 is 0 Å². The zero-order valence-corrected chi connectivity index (χ0v) is 19.9. The fourth-order valence-corrected chi connectivity index (χ4v) is 5.04. The molecule has 0 bridgehead atoms. The Morgan fingerprint density at radius 3 is 2.85 bits per heavy atom. The molecule has 1 aliphatic heterocycles. The molecule has 2 aromatic carbocycles. The molecule has 1 fully saturated rings. The topological polar surface area (TPSA) is 71.4 Å². The molecule has 8 heteroatoms. The summed E-state index contributed by atoms with van der Waals surface area (Å²) in [7, 11) is 0. The van der Waals surface area contributed by atoms with Gasteiger partial charge < -0.3 is 15.5 Å². The van der Waals surface area contributed by atoms with E-state index in [1.807, 2.05) is 18.3 Å². The number of nitrogens with zero attached hydrogens (tertiary/aromatic N) is 1. The van der Waals surface area contributed by atoms with Gasteiger partial charge in [0.1, 0.15) is 6.61 Å². The van der Waals surface area contributed by atoms with Crippen LogP contribution in [0.5, 0.6) is 5.75 Å². The molecule has 1 saturated carbocycles. The summed E-state index contributed by atoms with van der Waals surface area (Å²) >= 11 is 6.30. The van der Waals surface area contributed by atoms with Crippen LogP contribution in [-0.2, 0) is 12.8 Å². The molecule has 2 heterocycles. The predicted octanol–water partition coefficient (Wildman–Crippen LogP) is 5.13. The number of ether oxygens (including phenoxy) is 1. The quantitative estimate of drug-likeness (QED) is 0.458. The number of aromatic amines is 1. The van der Waals surface area contributed by atoms with E-state index in [1.165, 1.54) is 35.9 Å². The summed E-state index contributed by atoms with van der Waals surface area (Å²) in [5.74, 6) is -0.0848. The van der Waals surface area contributed by atoms with Crippen LogP contribution in [-0.4, -0.2) is 41.5 Å². The average Bonchev–Trinajstić information content (AvgIpc) is 3.50. The molecule has 1 aliphatic carbocycles. The van der Waals surface area contributed by atoms with Gasteiger partial charge in [-0.25, -0.2) is 4.39 Å². The van der Waals surface area contributed by atoms with Crippen molar-refractivity contribution in [3.8, 4) is 5.75 Å². The second-order valence-electron chi connectivity index (χ2n) is 8.95. The van der Waals surface area contributed by atoms with Gasteiger partial charge in [0.2, 0.25) is 5.91 Å². The van der Waals surface area contributed by atoms with E-state index in [1.54, 1.807) is 0 Å². The molecule has 3 aromatic rings. The Bertz CT molecular complexity index is 1160. The van der Waals surface area contributed by atoms with Crippen LogP contribution in [0.25, 0.3) is 10.9 Å². The van der Waals surface area contributed by atoms with Crippen LogP contribution in [0, 0.1) is 11.7 Å². The first kappa shape index (κ1) is 23.9. The molecule has 0 spiro atoms. The molecule has 3 N–H and O–H groups in total. The molecule has 1 atom stereocenters. The van der Waals surface area contributed by atoms with Gasteiger partial charge in [0.25, 0.3) is 0 Å². The zero-order chi connectivity index (χ0) is 22.2. The van der Waals surface area contributed by atoms with Gasteiger partial charge in [-0.15, -0.1) is 12.4 Å². The van der Waals surface area contributed by atoms with E-state index < -0.39 is 11.7 Å². The average molecular weight is 492 g/mol. The Morgan fingerprint density at radius 1 is 1.27 bits per heavy atom.